The Morgan fingerprint density at radius 2 is 1.97 bits per heavy atom. The van der Waals surface area contributed by atoms with Gasteiger partial charge in [-0.15, -0.1) is 0 Å². The number of primary amides is 1. The van der Waals surface area contributed by atoms with Gasteiger partial charge < -0.3 is 16.0 Å². The zero-order valence-electron chi connectivity index (χ0n) is 17.0. The van der Waals surface area contributed by atoms with E-state index in [-0.39, 0.29) is 11.9 Å². The number of anilines is 1. The van der Waals surface area contributed by atoms with Crippen LogP contribution in [0.3, 0.4) is 0 Å². The fourth-order valence-electron chi connectivity index (χ4n) is 3.88. The first-order valence-corrected chi connectivity index (χ1v) is 9.94. The van der Waals surface area contributed by atoms with Gasteiger partial charge in [0.25, 0.3) is 5.91 Å². The molecule has 1 amide bonds. The summed E-state index contributed by atoms with van der Waals surface area (Å²) in [7, 11) is 0. The van der Waals surface area contributed by atoms with Crippen LogP contribution in [-0.2, 0) is 0 Å². The molecule has 7 heteroatoms. The van der Waals surface area contributed by atoms with Crippen LogP contribution in [0.1, 0.15) is 47.0 Å². The number of benzene rings is 1. The second-order valence-electron chi connectivity index (χ2n) is 7.69. The summed E-state index contributed by atoms with van der Waals surface area (Å²) >= 11 is 0. The van der Waals surface area contributed by atoms with Gasteiger partial charge in [-0.25, -0.2) is 9.97 Å². The van der Waals surface area contributed by atoms with Gasteiger partial charge in [0.15, 0.2) is 0 Å². The van der Waals surface area contributed by atoms with Crippen LogP contribution < -0.4 is 16.0 Å². The van der Waals surface area contributed by atoms with E-state index in [1.165, 1.54) is 0 Å². The number of nitrogens with two attached hydrogens (primary N) is 1. The molecule has 0 spiro atoms. The number of nitrogens with one attached hydrogen (secondary N) is 1. The number of amides is 1. The first-order chi connectivity index (χ1) is 13.9. The molecule has 1 fully saturated rings. The van der Waals surface area contributed by atoms with E-state index in [0.29, 0.717) is 6.04 Å². The molecule has 1 aliphatic heterocycles. The number of hydrogen-bond donors (Lipinski definition) is 2. The van der Waals surface area contributed by atoms with E-state index < -0.39 is 5.91 Å². The van der Waals surface area contributed by atoms with Crippen molar-refractivity contribution < 1.29 is 4.79 Å². The topological polar surface area (TPSA) is 97.0 Å². The smallest absolute Gasteiger partial charge is 0.286 e. The minimum absolute atomic E-state index is 0.0771. The van der Waals surface area contributed by atoms with Crippen LogP contribution in [0.2, 0.25) is 0 Å². The summed E-state index contributed by atoms with van der Waals surface area (Å²) < 4.78 is 0. The fraction of sp³-hybridized carbons (Fsp3) is 0.364. The highest BCUT2D eigenvalue weighted by Gasteiger charge is 2.27. The SMILES string of the molecule is Cc1nc(C(N)=O)nc(N2CC[C@@H](NC(C)c3ccc4ccccc4n3)C2)c1C. The molecule has 1 unspecified atom stereocenters. The Kier molecular flexibility index (Phi) is 5.15. The summed E-state index contributed by atoms with van der Waals surface area (Å²) in [5, 5.41) is 4.84. The lowest BCUT2D eigenvalue weighted by atomic mass is 10.1. The molecule has 2 aromatic heterocycles. The Hall–Kier alpha value is -3.06. The fourth-order valence-corrected chi connectivity index (χ4v) is 3.88. The highest BCUT2D eigenvalue weighted by atomic mass is 16.1. The number of carbonyl (C=O) groups excluding carboxylic acids is 1. The van der Waals surface area contributed by atoms with Crippen LogP contribution >= 0.6 is 0 Å². The second kappa shape index (κ2) is 7.75. The van der Waals surface area contributed by atoms with Gasteiger partial charge in [-0.05, 0) is 39.3 Å². The molecular formula is C22H26N6O. The third-order valence-corrected chi connectivity index (χ3v) is 5.62. The molecule has 0 aliphatic carbocycles. The van der Waals surface area contributed by atoms with Crippen molar-refractivity contribution in [1.29, 1.82) is 0 Å². The first kappa shape index (κ1) is 19.3. The van der Waals surface area contributed by atoms with Gasteiger partial charge in [-0.1, -0.05) is 24.3 Å². The molecule has 0 radical (unpaired) electrons. The van der Waals surface area contributed by atoms with E-state index in [2.05, 4.69) is 45.3 Å². The normalized spacial score (nSPS) is 17.6. The molecule has 3 heterocycles. The Morgan fingerprint density at radius 1 is 1.17 bits per heavy atom. The zero-order valence-corrected chi connectivity index (χ0v) is 17.0. The summed E-state index contributed by atoms with van der Waals surface area (Å²) in [4.78, 5) is 27.2. The van der Waals surface area contributed by atoms with Crippen molar-refractivity contribution >= 4 is 22.6 Å². The number of carbonyl (C=O) groups is 1. The van der Waals surface area contributed by atoms with Crippen molar-refractivity contribution in [3.8, 4) is 0 Å². The molecule has 1 aliphatic rings. The Balaban J connectivity index is 1.48. The lowest BCUT2D eigenvalue weighted by Crippen LogP contribution is -2.35. The number of nitrogens with zero attached hydrogens (tertiary/aromatic N) is 4. The maximum absolute atomic E-state index is 11.6. The highest BCUT2D eigenvalue weighted by molar-refractivity contribution is 5.89. The van der Waals surface area contributed by atoms with Gasteiger partial charge >= 0.3 is 0 Å². The van der Waals surface area contributed by atoms with Crippen LogP contribution in [0.25, 0.3) is 10.9 Å². The molecule has 0 bridgehead atoms. The monoisotopic (exact) mass is 390 g/mol. The van der Waals surface area contributed by atoms with Gasteiger partial charge in [0, 0.05) is 41.8 Å². The van der Waals surface area contributed by atoms with Crippen LogP contribution in [0, 0.1) is 13.8 Å². The molecule has 4 rings (SSSR count). The summed E-state index contributed by atoms with van der Waals surface area (Å²) in [6, 6.07) is 12.8. The van der Waals surface area contributed by atoms with Gasteiger partial charge in [-0.3, -0.25) is 9.78 Å². The number of fused-ring (bicyclic) bond motifs is 1. The molecule has 2 atom stereocenters. The molecule has 1 saturated heterocycles. The summed E-state index contributed by atoms with van der Waals surface area (Å²) in [6.45, 7) is 7.69. The predicted octanol–water partition coefficient (Wildman–Crippen LogP) is 2.67. The summed E-state index contributed by atoms with van der Waals surface area (Å²) in [5.41, 5.74) is 9.21. The third kappa shape index (κ3) is 3.91. The largest absolute Gasteiger partial charge is 0.363 e. The maximum Gasteiger partial charge on any atom is 0.286 e. The average molecular weight is 390 g/mol. The number of para-hydroxylation sites is 1. The second-order valence-corrected chi connectivity index (χ2v) is 7.69. The number of aromatic nitrogens is 3. The van der Waals surface area contributed by atoms with Crippen molar-refractivity contribution in [2.24, 2.45) is 5.73 Å². The number of hydrogen-bond acceptors (Lipinski definition) is 6. The molecule has 3 aromatic rings. The van der Waals surface area contributed by atoms with Gasteiger partial charge in [0.05, 0.1) is 11.2 Å². The number of pyridine rings is 1. The predicted molar refractivity (Wildman–Crippen MR) is 114 cm³/mol. The van der Waals surface area contributed by atoms with Gasteiger partial charge in [0.2, 0.25) is 5.82 Å². The first-order valence-electron chi connectivity index (χ1n) is 9.94. The average Bonchev–Trinajstić information content (AvgIpc) is 3.17. The quantitative estimate of drug-likeness (QED) is 0.695. The Bertz CT molecular complexity index is 1070. The minimum Gasteiger partial charge on any atom is -0.363 e. The van der Waals surface area contributed by atoms with Crippen LogP contribution in [0.4, 0.5) is 5.82 Å². The minimum atomic E-state index is -0.598. The molecule has 150 valence electrons. The maximum atomic E-state index is 11.6. The number of aryl methyl sites for hydroxylation is 1. The van der Waals surface area contributed by atoms with E-state index in [9.17, 15) is 4.79 Å². The third-order valence-electron chi connectivity index (χ3n) is 5.62. The molecule has 29 heavy (non-hydrogen) atoms. The van der Waals surface area contributed by atoms with Crippen LogP contribution in [0.15, 0.2) is 36.4 Å². The Labute approximate surface area is 170 Å². The van der Waals surface area contributed by atoms with Crippen LogP contribution in [0.5, 0.6) is 0 Å². The van der Waals surface area contributed by atoms with Crippen molar-refractivity contribution in [1.82, 2.24) is 20.3 Å². The van der Waals surface area contributed by atoms with Gasteiger partial charge in [-0.2, -0.15) is 0 Å². The summed E-state index contributed by atoms with van der Waals surface area (Å²) in [5.74, 6) is 0.277. The molecule has 1 aromatic carbocycles. The standard InChI is InChI=1S/C22H26N6O/c1-13-14(2)25-21(20(23)29)27-22(13)28-11-10-17(12-28)24-15(3)18-9-8-16-6-4-5-7-19(16)26-18/h4-9,15,17,24H,10-12H2,1-3H3,(H2,23,29)/t15?,17-/m1/s1. The van der Waals surface area contributed by atoms with E-state index in [1.54, 1.807) is 0 Å². The summed E-state index contributed by atoms with van der Waals surface area (Å²) in [6.07, 6.45) is 0.992. The van der Waals surface area contributed by atoms with Crippen molar-refractivity contribution in [2.75, 3.05) is 18.0 Å². The van der Waals surface area contributed by atoms with Crippen LogP contribution in [-0.4, -0.2) is 40.0 Å². The Morgan fingerprint density at radius 3 is 2.76 bits per heavy atom. The zero-order chi connectivity index (χ0) is 20.5. The molecule has 7 nitrogen and oxygen atoms in total. The van der Waals surface area contributed by atoms with E-state index in [0.717, 1.165) is 53.2 Å². The van der Waals surface area contributed by atoms with E-state index in [4.69, 9.17) is 10.7 Å². The lowest BCUT2D eigenvalue weighted by molar-refractivity contribution is 0.0990. The van der Waals surface area contributed by atoms with E-state index >= 15 is 0 Å². The molecular weight excluding hydrogens is 364 g/mol. The highest BCUT2D eigenvalue weighted by Crippen LogP contribution is 2.25. The van der Waals surface area contributed by atoms with E-state index in [1.807, 2.05) is 32.0 Å². The lowest BCUT2D eigenvalue weighted by Gasteiger charge is -2.23. The van der Waals surface area contributed by atoms with Crippen molar-refractivity contribution in [3.05, 3.63) is 59.2 Å². The molecule has 3 N–H and O–H groups in total. The number of rotatable bonds is 5. The molecule has 0 saturated carbocycles. The van der Waals surface area contributed by atoms with Crippen molar-refractivity contribution in [2.45, 2.75) is 39.3 Å². The van der Waals surface area contributed by atoms with Crippen molar-refractivity contribution in [3.63, 3.8) is 0 Å². The van der Waals surface area contributed by atoms with Gasteiger partial charge in [0.1, 0.15) is 5.82 Å².